The molecule has 1 N–H and O–H groups in total. The Morgan fingerprint density at radius 2 is 1.67 bits per heavy atom. The fourth-order valence-corrected chi connectivity index (χ4v) is 2.30. The van der Waals surface area contributed by atoms with Crippen molar-refractivity contribution in [2.75, 3.05) is 0 Å². The topological polar surface area (TPSA) is 46.0 Å². The maximum absolute atomic E-state index is 9.80. The predicted molar refractivity (Wildman–Crippen MR) is 85.9 cm³/mol. The lowest BCUT2D eigenvalue weighted by molar-refractivity contribution is 0.173. The fraction of sp³-hybridized carbons (Fsp3) is 0.444. The minimum Gasteiger partial charge on any atom is -0.388 e. The Labute approximate surface area is 127 Å². The van der Waals surface area contributed by atoms with Crippen LogP contribution in [-0.2, 0) is 6.42 Å². The summed E-state index contributed by atoms with van der Waals surface area (Å²) in [5.74, 6) is 0.742. The molecule has 0 aliphatic heterocycles. The standard InChI is InChI=1S/C18H24N2O/c1-3-5-6-7-14-12-19-18(20-13-14)16-10-8-15(9-11-16)17(21)4-2/h8-13,17,21H,3-7H2,1-2H3. The molecule has 0 saturated carbocycles. The molecule has 0 bridgehead atoms. The van der Waals surface area contributed by atoms with Gasteiger partial charge in [0.2, 0.25) is 0 Å². The van der Waals surface area contributed by atoms with Crippen molar-refractivity contribution in [1.82, 2.24) is 9.97 Å². The van der Waals surface area contributed by atoms with Gasteiger partial charge in [0.15, 0.2) is 5.82 Å². The third kappa shape index (κ3) is 4.36. The number of nitrogens with zero attached hydrogens (tertiary/aromatic N) is 2. The van der Waals surface area contributed by atoms with Gasteiger partial charge in [0.1, 0.15) is 0 Å². The Morgan fingerprint density at radius 3 is 2.24 bits per heavy atom. The molecule has 1 unspecified atom stereocenters. The van der Waals surface area contributed by atoms with E-state index in [0.29, 0.717) is 0 Å². The second kappa shape index (κ2) is 7.89. The Morgan fingerprint density at radius 1 is 1.00 bits per heavy atom. The normalized spacial score (nSPS) is 12.3. The molecule has 1 aromatic carbocycles. The van der Waals surface area contributed by atoms with E-state index in [2.05, 4.69) is 16.9 Å². The predicted octanol–water partition coefficient (Wildman–Crippen LogP) is 4.32. The van der Waals surface area contributed by atoms with Crippen molar-refractivity contribution in [3.63, 3.8) is 0 Å². The number of hydrogen-bond donors (Lipinski definition) is 1. The smallest absolute Gasteiger partial charge is 0.159 e. The third-order valence-corrected chi connectivity index (χ3v) is 3.71. The highest BCUT2D eigenvalue weighted by atomic mass is 16.3. The van der Waals surface area contributed by atoms with Crippen LogP contribution < -0.4 is 0 Å². The Kier molecular flexibility index (Phi) is 5.88. The van der Waals surface area contributed by atoms with E-state index in [1.807, 2.05) is 43.6 Å². The molecule has 1 atom stereocenters. The maximum Gasteiger partial charge on any atom is 0.159 e. The molecule has 0 saturated heterocycles. The molecule has 2 rings (SSSR count). The Bertz CT molecular complexity index is 534. The van der Waals surface area contributed by atoms with Gasteiger partial charge < -0.3 is 5.11 Å². The van der Waals surface area contributed by atoms with Crippen LogP contribution in [0.2, 0.25) is 0 Å². The van der Waals surface area contributed by atoms with Crippen LogP contribution in [-0.4, -0.2) is 15.1 Å². The molecule has 3 heteroatoms. The van der Waals surface area contributed by atoms with Gasteiger partial charge in [0, 0.05) is 18.0 Å². The highest BCUT2D eigenvalue weighted by Crippen LogP contribution is 2.21. The lowest BCUT2D eigenvalue weighted by atomic mass is 10.0. The number of benzene rings is 1. The number of aliphatic hydroxyl groups excluding tert-OH is 1. The molecule has 0 radical (unpaired) electrons. The van der Waals surface area contributed by atoms with Gasteiger partial charge in [-0.15, -0.1) is 0 Å². The van der Waals surface area contributed by atoms with Crippen LogP contribution in [0.1, 0.15) is 56.8 Å². The summed E-state index contributed by atoms with van der Waals surface area (Å²) in [6.45, 7) is 4.18. The van der Waals surface area contributed by atoms with Crippen LogP contribution in [0.3, 0.4) is 0 Å². The average molecular weight is 284 g/mol. The first-order valence-corrected chi connectivity index (χ1v) is 7.84. The molecule has 3 nitrogen and oxygen atoms in total. The summed E-state index contributed by atoms with van der Waals surface area (Å²) in [6.07, 6.45) is 8.92. The highest BCUT2D eigenvalue weighted by Gasteiger charge is 2.06. The first-order valence-electron chi connectivity index (χ1n) is 7.84. The first-order chi connectivity index (χ1) is 10.2. The minimum absolute atomic E-state index is 0.388. The van der Waals surface area contributed by atoms with E-state index in [1.165, 1.54) is 24.8 Å². The molecule has 0 aliphatic rings. The highest BCUT2D eigenvalue weighted by molar-refractivity contribution is 5.55. The first kappa shape index (κ1) is 15.6. The lowest BCUT2D eigenvalue weighted by Crippen LogP contribution is -1.96. The number of unbranched alkanes of at least 4 members (excludes halogenated alkanes) is 2. The van der Waals surface area contributed by atoms with E-state index in [9.17, 15) is 5.11 Å². The van der Waals surface area contributed by atoms with Crippen LogP contribution in [0.4, 0.5) is 0 Å². The van der Waals surface area contributed by atoms with Gasteiger partial charge >= 0.3 is 0 Å². The zero-order valence-electron chi connectivity index (χ0n) is 12.9. The molecule has 112 valence electrons. The van der Waals surface area contributed by atoms with E-state index in [1.54, 1.807) is 0 Å². The monoisotopic (exact) mass is 284 g/mol. The molecule has 0 amide bonds. The average Bonchev–Trinajstić information content (AvgIpc) is 2.55. The van der Waals surface area contributed by atoms with Crippen LogP contribution in [0, 0.1) is 0 Å². The van der Waals surface area contributed by atoms with Crippen molar-refractivity contribution < 1.29 is 5.11 Å². The zero-order chi connectivity index (χ0) is 15.1. The SMILES string of the molecule is CCCCCc1cnc(-c2ccc(C(O)CC)cc2)nc1. The number of aryl methyl sites for hydroxylation is 1. The molecule has 0 spiro atoms. The van der Waals surface area contributed by atoms with Crippen molar-refractivity contribution >= 4 is 0 Å². The van der Waals surface area contributed by atoms with Gasteiger partial charge in [0.25, 0.3) is 0 Å². The van der Waals surface area contributed by atoms with Crippen molar-refractivity contribution in [2.24, 2.45) is 0 Å². The maximum atomic E-state index is 9.80. The fourth-order valence-electron chi connectivity index (χ4n) is 2.30. The summed E-state index contributed by atoms with van der Waals surface area (Å²) in [6, 6.07) is 7.84. The van der Waals surface area contributed by atoms with Crippen LogP contribution in [0.5, 0.6) is 0 Å². The van der Waals surface area contributed by atoms with Gasteiger partial charge in [-0.2, -0.15) is 0 Å². The molecule has 0 fully saturated rings. The van der Waals surface area contributed by atoms with Crippen LogP contribution in [0.15, 0.2) is 36.7 Å². The zero-order valence-corrected chi connectivity index (χ0v) is 12.9. The molecule has 2 aromatic rings. The van der Waals surface area contributed by atoms with Crippen molar-refractivity contribution in [1.29, 1.82) is 0 Å². The van der Waals surface area contributed by atoms with Crippen molar-refractivity contribution in [2.45, 2.75) is 52.1 Å². The molecular formula is C18H24N2O. The van der Waals surface area contributed by atoms with Crippen LogP contribution >= 0.6 is 0 Å². The Hall–Kier alpha value is -1.74. The van der Waals surface area contributed by atoms with Crippen molar-refractivity contribution in [3.05, 3.63) is 47.8 Å². The van der Waals surface area contributed by atoms with E-state index in [4.69, 9.17) is 0 Å². The van der Waals surface area contributed by atoms with Gasteiger partial charge in [-0.25, -0.2) is 9.97 Å². The molecule has 0 aliphatic carbocycles. The summed E-state index contributed by atoms with van der Waals surface area (Å²) in [5.41, 5.74) is 3.13. The van der Waals surface area contributed by atoms with Gasteiger partial charge in [-0.05, 0) is 30.4 Å². The van der Waals surface area contributed by atoms with Crippen molar-refractivity contribution in [3.8, 4) is 11.4 Å². The molecule has 1 heterocycles. The number of aliphatic hydroxyl groups is 1. The summed E-state index contributed by atoms with van der Waals surface area (Å²) in [4.78, 5) is 8.90. The summed E-state index contributed by atoms with van der Waals surface area (Å²) in [5, 5.41) is 9.80. The summed E-state index contributed by atoms with van der Waals surface area (Å²) in [7, 11) is 0. The lowest BCUT2D eigenvalue weighted by Gasteiger charge is -2.08. The second-order valence-corrected chi connectivity index (χ2v) is 5.42. The van der Waals surface area contributed by atoms with E-state index < -0.39 is 0 Å². The third-order valence-electron chi connectivity index (χ3n) is 3.71. The van der Waals surface area contributed by atoms with E-state index in [0.717, 1.165) is 29.8 Å². The van der Waals surface area contributed by atoms with Crippen LogP contribution in [0.25, 0.3) is 11.4 Å². The van der Waals surface area contributed by atoms with E-state index in [-0.39, 0.29) is 6.10 Å². The van der Waals surface area contributed by atoms with Gasteiger partial charge in [0.05, 0.1) is 6.10 Å². The summed E-state index contributed by atoms with van der Waals surface area (Å²) < 4.78 is 0. The number of hydrogen-bond acceptors (Lipinski definition) is 3. The quantitative estimate of drug-likeness (QED) is 0.770. The van der Waals surface area contributed by atoms with E-state index >= 15 is 0 Å². The largest absolute Gasteiger partial charge is 0.388 e. The van der Waals surface area contributed by atoms with Gasteiger partial charge in [-0.3, -0.25) is 0 Å². The number of aromatic nitrogens is 2. The molecular weight excluding hydrogens is 260 g/mol. The second-order valence-electron chi connectivity index (χ2n) is 5.42. The Balaban J connectivity index is 2.04. The molecule has 1 aromatic heterocycles. The summed E-state index contributed by atoms with van der Waals surface area (Å²) >= 11 is 0. The van der Waals surface area contributed by atoms with Gasteiger partial charge in [-0.1, -0.05) is 51.0 Å². The number of rotatable bonds is 7. The minimum atomic E-state index is -0.388. The molecule has 21 heavy (non-hydrogen) atoms.